The number of hydrogen-bond acceptors (Lipinski definition) is 9. The van der Waals surface area contributed by atoms with E-state index in [9.17, 15) is 24.3 Å². The Morgan fingerprint density at radius 2 is 2.21 bits per heavy atom. The summed E-state index contributed by atoms with van der Waals surface area (Å²) in [5, 5.41) is 13.2. The third kappa shape index (κ3) is 4.02. The third-order valence-corrected chi connectivity index (χ3v) is 6.31. The Morgan fingerprint density at radius 3 is 2.76 bits per heavy atom. The van der Waals surface area contributed by atoms with Crippen LogP contribution in [0.15, 0.2) is 22.2 Å². The molecule has 154 valence electrons. The summed E-state index contributed by atoms with van der Waals surface area (Å²) in [6.07, 6.45) is -1.06. The van der Waals surface area contributed by atoms with Crippen LogP contribution < -0.4 is 16.8 Å². The van der Waals surface area contributed by atoms with Crippen molar-refractivity contribution in [2.24, 2.45) is 5.73 Å². The predicted molar refractivity (Wildman–Crippen MR) is 106 cm³/mol. The number of nitrogens with zero attached hydrogens (tertiary/aromatic N) is 2. The van der Waals surface area contributed by atoms with E-state index in [-0.39, 0.29) is 40.0 Å². The van der Waals surface area contributed by atoms with Crippen molar-refractivity contribution in [3.05, 3.63) is 27.9 Å². The molecule has 29 heavy (non-hydrogen) atoms. The molecule has 6 N–H and O–H groups in total. The molecular weight excluding hydrogens is 446 g/mol. The van der Waals surface area contributed by atoms with Gasteiger partial charge in [-0.2, -0.15) is 0 Å². The molecule has 0 spiro atoms. The van der Waals surface area contributed by atoms with Gasteiger partial charge in [-0.3, -0.25) is 14.5 Å². The number of halogens is 1. The van der Waals surface area contributed by atoms with Crippen LogP contribution in [0.1, 0.15) is 5.69 Å². The van der Waals surface area contributed by atoms with Crippen LogP contribution in [0.2, 0.25) is 0 Å². The standard InChI is InChI=1S/C15H14ClN5O6S2/c16-1-6(7-4-29-14(17)19-7)10(22)20-8-11(23)21-9(13(24)25)5(2-27-15(18)26)3-28-12(8)21/h1,4,8,12H,2-3H2,(H2,17,19)(H2,18,26)(H,20,22)(H,24,25)/t8?,12-/m1/s1. The average Bonchev–Trinajstić information content (AvgIpc) is 3.09. The fourth-order valence-corrected chi connectivity index (χ4v) is 4.91. The molecule has 3 heterocycles. The molecule has 0 saturated carbocycles. The minimum absolute atomic E-state index is 0.0243. The highest BCUT2D eigenvalue weighted by Gasteiger charge is 2.54. The molecule has 14 heteroatoms. The van der Waals surface area contributed by atoms with Gasteiger partial charge in [0.05, 0.1) is 11.3 Å². The number of aliphatic carboxylic acids is 1. The van der Waals surface area contributed by atoms with Gasteiger partial charge in [-0.15, -0.1) is 23.1 Å². The van der Waals surface area contributed by atoms with Crippen molar-refractivity contribution in [1.82, 2.24) is 15.2 Å². The third-order valence-electron chi connectivity index (χ3n) is 4.08. The maximum Gasteiger partial charge on any atom is 0.404 e. The minimum atomic E-state index is -1.35. The largest absolute Gasteiger partial charge is 0.477 e. The van der Waals surface area contributed by atoms with Crippen molar-refractivity contribution in [2.75, 3.05) is 18.1 Å². The van der Waals surface area contributed by atoms with Crippen molar-refractivity contribution < 1.29 is 29.0 Å². The molecular formula is C15H14ClN5O6S2. The van der Waals surface area contributed by atoms with E-state index in [0.29, 0.717) is 0 Å². The van der Waals surface area contributed by atoms with Gasteiger partial charge in [0.15, 0.2) is 5.13 Å². The van der Waals surface area contributed by atoms with Crippen molar-refractivity contribution in [3.63, 3.8) is 0 Å². The number of anilines is 1. The van der Waals surface area contributed by atoms with Crippen LogP contribution in [-0.2, 0) is 19.1 Å². The molecule has 0 aliphatic carbocycles. The summed E-state index contributed by atoms with van der Waals surface area (Å²) in [5.74, 6) is -2.43. The molecule has 11 nitrogen and oxygen atoms in total. The number of ether oxygens (including phenoxy) is 1. The van der Waals surface area contributed by atoms with E-state index in [4.69, 9.17) is 23.1 Å². The second-order valence-electron chi connectivity index (χ2n) is 5.82. The van der Waals surface area contributed by atoms with Crippen molar-refractivity contribution in [1.29, 1.82) is 0 Å². The number of β-lactam (4-membered cyclic amide) rings is 1. The number of rotatable bonds is 6. The zero-order valence-corrected chi connectivity index (χ0v) is 16.8. The number of carboxylic acids is 1. The molecule has 1 fully saturated rings. The quantitative estimate of drug-likeness (QED) is 0.340. The fraction of sp³-hybridized carbons (Fsp3) is 0.267. The Balaban J connectivity index is 1.76. The van der Waals surface area contributed by atoms with Crippen LogP contribution in [0, 0.1) is 0 Å². The highest BCUT2D eigenvalue weighted by molar-refractivity contribution is 8.00. The number of carboxylic acid groups (broad SMARTS) is 1. The summed E-state index contributed by atoms with van der Waals surface area (Å²) in [7, 11) is 0. The van der Waals surface area contributed by atoms with E-state index in [0.717, 1.165) is 21.8 Å². The SMILES string of the molecule is NC(=O)OCC1=C(C(=O)O)N2C(=O)C(NC(=O)C(=CCl)c3csc(N)n3)[C@H]2SC1. The molecule has 2 atom stereocenters. The topological polar surface area (TPSA) is 178 Å². The fourth-order valence-electron chi connectivity index (χ4n) is 2.80. The van der Waals surface area contributed by atoms with Gasteiger partial charge in [0.2, 0.25) is 0 Å². The Bertz CT molecular complexity index is 961. The molecule has 3 amide bonds. The number of nitrogen functional groups attached to an aromatic ring is 1. The zero-order chi connectivity index (χ0) is 21.3. The van der Waals surface area contributed by atoms with Crippen molar-refractivity contribution >= 4 is 69.3 Å². The number of amides is 3. The van der Waals surface area contributed by atoms with Crippen LogP contribution in [0.5, 0.6) is 0 Å². The number of nitrogens with two attached hydrogens (primary N) is 2. The number of carbonyl (C=O) groups excluding carboxylic acids is 3. The van der Waals surface area contributed by atoms with Crippen LogP contribution in [0.3, 0.4) is 0 Å². The highest BCUT2D eigenvalue weighted by atomic mass is 35.5. The minimum Gasteiger partial charge on any atom is -0.477 e. The molecule has 1 aromatic heterocycles. The molecule has 1 unspecified atom stereocenters. The monoisotopic (exact) mass is 459 g/mol. The summed E-state index contributed by atoms with van der Waals surface area (Å²) in [5.41, 5.74) is 11.7. The molecule has 3 rings (SSSR count). The molecule has 2 aliphatic rings. The molecule has 1 aromatic rings. The first-order valence-electron chi connectivity index (χ1n) is 7.89. The first-order chi connectivity index (χ1) is 13.7. The summed E-state index contributed by atoms with van der Waals surface area (Å²) in [6.45, 7) is -0.345. The first-order valence-corrected chi connectivity index (χ1v) is 10.3. The maximum absolute atomic E-state index is 12.6. The lowest BCUT2D eigenvalue weighted by Gasteiger charge is -2.49. The highest BCUT2D eigenvalue weighted by Crippen LogP contribution is 2.40. The van der Waals surface area contributed by atoms with Crippen LogP contribution in [0.4, 0.5) is 9.93 Å². The van der Waals surface area contributed by atoms with Gasteiger partial charge in [-0.1, -0.05) is 11.6 Å². The summed E-state index contributed by atoms with van der Waals surface area (Å²) in [6, 6.07) is -0.956. The zero-order valence-electron chi connectivity index (χ0n) is 14.5. The Hall–Kier alpha value is -2.77. The number of carbonyl (C=O) groups is 4. The van der Waals surface area contributed by atoms with Gasteiger partial charge in [-0.25, -0.2) is 14.6 Å². The van der Waals surface area contributed by atoms with E-state index in [1.807, 2.05) is 0 Å². The van der Waals surface area contributed by atoms with Gasteiger partial charge in [-0.05, 0) is 0 Å². The molecule has 0 radical (unpaired) electrons. The first kappa shape index (κ1) is 21.0. The van der Waals surface area contributed by atoms with E-state index in [2.05, 4.69) is 15.0 Å². The van der Waals surface area contributed by atoms with E-state index in [1.165, 1.54) is 11.8 Å². The number of thioether (sulfide) groups is 1. The van der Waals surface area contributed by atoms with E-state index >= 15 is 0 Å². The lowest BCUT2D eigenvalue weighted by Crippen LogP contribution is -2.70. The van der Waals surface area contributed by atoms with Crippen molar-refractivity contribution in [2.45, 2.75) is 11.4 Å². The van der Waals surface area contributed by atoms with E-state index in [1.54, 1.807) is 5.38 Å². The number of nitrogens with one attached hydrogen (secondary N) is 1. The molecule has 1 saturated heterocycles. The molecule has 0 bridgehead atoms. The van der Waals surface area contributed by atoms with Crippen molar-refractivity contribution in [3.8, 4) is 0 Å². The number of aromatic nitrogens is 1. The smallest absolute Gasteiger partial charge is 0.404 e. The Morgan fingerprint density at radius 1 is 1.48 bits per heavy atom. The van der Waals surface area contributed by atoms with Gasteiger partial charge < -0.3 is 26.6 Å². The van der Waals surface area contributed by atoms with Gasteiger partial charge in [0.25, 0.3) is 11.8 Å². The van der Waals surface area contributed by atoms with Crippen LogP contribution in [-0.4, -0.2) is 62.6 Å². The summed E-state index contributed by atoms with van der Waals surface area (Å²) < 4.78 is 4.65. The maximum atomic E-state index is 12.6. The lowest BCUT2D eigenvalue weighted by atomic mass is 10.0. The number of fused-ring (bicyclic) bond motifs is 1. The van der Waals surface area contributed by atoms with Crippen LogP contribution in [0.25, 0.3) is 5.57 Å². The second kappa shape index (κ2) is 8.31. The number of thiazole rings is 1. The Labute approximate surface area is 176 Å². The molecule has 2 aliphatic heterocycles. The van der Waals surface area contributed by atoms with Gasteiger partial charge >= 0.3 is 12.1 Å². The summed E-state index contributed by atoms with van der Waals surface area (Å²) >= 11 is 8.08. The second-order valence-corrected chi connectivity index (χ2v) is 8.03. The molecule has 0 aromatic carbocycles. The van der Waals surface area contributed by atoms with Gasteiger partial charge in [0, 0.05) is 22.2 Å². The lowest BCUT2D eigenvalue weighted by molar-refractivity contribution is -0.150. The van der Waals surface area contributed by atoms with E-state index < -0.39 is 35.3 Å². The normalized spacial score (nSPS) is 21.3. The van der Waals surface area contributed by atoms with Crippen LogP contribution >= 0.6 is 34.7 Å². The predicted octanol–water partition coefficient (Wildman–Crippen LogP) is 0.139. The van der Waals surface area contributed by atoms with Gasteiger partial charge in [0.1, 0.15) is 23.7 Å². The average molecular weight is 460 g/mol. The number of primary amides is 1. The number of hydrogen-bond donors (Lipinski definition) is 4. The summed E-state index contributed by atoms with van der Waals surface area (Å²) in [4.78, 5) is 52.6. The Kier molecular flexibility index (Phi) is 6.00.